The first-order valence-corrected chi connectivity index (χ1v) is 9.64. The minimum absolute atomic E-state index is 0. The Morgan fingerprint density at radius 2 is 2.04 bits per heavy atom. The number of nitrogens with one attached hydrogen (secondary N) is 1. The number of piperidine rings is 1. The lowest BCUT2D eigenvalue weighted by atomic mass is 9.79. The summed E-state index contributed by atoms with van der Waals surface area (Å²) in [6.07, 6.45) is 3.92. The maximum Gasteiger partial charge on any atom is 0.194 e. The molecular weight excluding hydrogens is 451 g/mol. The van der Waals surface area contributed by atoms with Crippen molar-refractivity contribution in [2.45, 2.75) is 39.2 Å². The summed E-state index contributed by atoms with van der Waals surface area (Å²) in [5.41, 5.74) is 1.47. The van der Waals surface area contributed by atoms with Crippen molar-refractivity contribution in [3.05, 3.63) is 48.0 Å². The molecule has 148 valence electrons. The normalized spacial score (nSPS) is 20.3. The van der Waals surface area contributed by atoms with Gasteiger partial charge in [0.15, 0.2) is 5.96 Å². The van der Waals surface area contributed by atoms with E-state index in [4.69, 9.17) is 4.99 Å². The lowest BCUT2D eigenvalue weighted by Gasteiger charge is -2.40. The number of halogens is 1. The molecule has 0 bridgehead atoms. The predicted molar refractivity (Wildman–Crippen MR) is 120 cm³/mol. The third-order valence-corrected chi connectivity index (χ3v) is 5.30. The highest BCUT2D eigenvalue weighted by Gasteiger charge is 2.30. The van der Waals surface area contributed by atoms with Gasteiger partial charge in [-0.1, -0.05) is 43.7 Å². The zero-order valence-electron chi connectivity index (χ0n) is 16.5. The van der Waals surface area contributed by atoms with Crippen LogP contribution in [-0.2, 0) is 13.6 Å². The fourth-order valence-corrected chi connectivity index (χ4v) is 3.81. The molecule has 1 N–H and O–H groups in total. The Balaban J connectivity index is 0.00000261. The number of aliphatic imine (C=N–C) groups is 1. The average Bonchev–Trinajstić information content (AvgIpc) is 3.10. The summed E-state index contributed by atoms with van der Waals surface area (Å²) in [5.74, 6) is 3.15. The number of likely N-dealkylation sites (tertiary alicyclic amines) is 1. The van der Waals surface area contributed by atoms with Crippen molar-refractivity contribution in [2.24, 2.45) is 18.0 Å². The lowest BCUT2D eigenvalue weighted by Crippen LogP contribution is -2.48. The highest BCUT2D eigenvalue weighted by molar-refractivity contribution is 14.0. The summed E-state index contributed by atoms with van der Waals surface area (Å²) in [4.78, 5) is 11.5. The highest BCUT2D eigenvalue weighted by Crippen LogP contribution is 2.34. The van der Waals surface area contributed by atoms with E-state index in [0.717, 1.165) is 37.8 Å². The number of hydrogen-bond acceptors (Lipinski definition) is 3. The zero-order valence-corrected chi connectivity index (χ0v) is 18.8. The minimum atomic E-state index is 0. The first kappa shape index (κ1) is 21.7. The molecule has 3 rings (SSSR count). The van der Waals surface area contributed by atoms with Gasteiger partial charge in [0, 0.05) is 26.7 Å². The number of rotatable bonds is 5. The molecule has 0 aliphatic carbocycles. The van der Waals surface area contributed by atoms with Crippen molar-refractivity contribution >= 4 is 29.9 Å². The van der Waals surface area contributed by atoms with Crippen molar-refractivity contribution < 1.29 is 0 Å². The number of guanidine groups is 1. The molecule has 0 saturated carbocycles. The van der Waals surface area contributed by atoms with Crippen molar-refractivity contribution in [1.82, 2.24) is 25.0 Å². The van der Waals surface area contributed by atoms with Gasteiger partial charge in [0.1, 0.15) is 18.7 Å². The number of nitrogens with zero attached hydrogens (tertiary/aromatic N) is 5. The smallest absolute Gasteiger partial charge is 0.194 e. The number of aromatic nitrogens is 3. The molecule has 0 radical (unpaired) electrons. The van der Waals surface area contributed by atoms with E-state index < -0.39 is 0 Å². The average molecular weight is 482 g/mol. The quantitative estimate of drug-likeness (QED) is 0.403. The van der Waals surface area contributed by atoms with Crippen LogP contribution in [0.15, 0.2) is 41.7 Å². The van der Waals surface area contributed by atoms with Crippen molar-refractivity contribution in [3.8, 4) is 0 Å². The molecule has 0 amide bonds. The molecule has 1 aromatic heterocycles. The molecule has 1 aliphatic rings. The monoisotopic (exact) mass is 482 g/mol. The molecular formula is C20H31IN6. The maximum absolute atomic E-state index is 4.82. The summed E-state index contributed by atoms with van der Waals surface area (Å²) in [6, 6.07) is 11.0. The zero-order chi connectivity index (χ0) is 18.4. The second kappa shape index (κ2) is 10.6. The summed E-state index contributed by atoms with van der Waals surface area (Å²) < 4.78 is 1.78. The van der Waals surface area contributed by atoms with Gasteiger partial charge >= 0.3 is 0 Å². The van der Waals surface area contributed by atoms with Gasteiger partial charge in [-0.3, -0.25) is 4.68 Å². The largest absolute Gasteiger partial charge is 0.357 e. The van der Waals surface area contributed by atoms with Gasteiger partial charge in [-0.2, -0.15) is 5.10 Å². The summed E-state index contributed by atoms with van der Waals surface area (Å²) >= 11 is 0. The van der Waals surface area contributed by atoms with E-state index in [1.807, 2.05) is 7.05 Å². The number of hydrogen-bond donors (Lipinski definition) is 1. The fourth-order valence-electron chi connectivity index (χ4n) is 3.81. The Morgan fingerprint density at radius 1 is 1.26 bits per heavy atom. The number of benzene rings is 1. The third-order valence-electron chi connectivity index (χ3n) is 5.30. The minimum Gasteiger partial charge on any atom is -0.357 e. The predicted octanol–water partition coefficient (Wildman–Crippen LogP) is 3.41. The molecule has 2 atom stereocenters. The van der Waals surface area contributed by atoms with Gasteiger partial charge in [-0.25, -0.2) is 9.98 Å². The van der Waals surface area contributed by atoms with Crippen LogP contribution in [-0.4, -0.2) is 45.3 Å². The first-order chi connectivity index (χ1) is 12.7. The van der Waals surface area contributed by atoms with Crippen LogP contribution in [0, 0.1) is 5.92 Å². The molecule has 6 nitrogen and oxygen atoms in total. The Morgan fingerprint density at radius 3 is 2.67 bits per heavy atom. The molecule has 27 heavy (non-hydrogen) atoms. The van der Waals surface area contributed by atoms with E-state index >= 15 is 0 Å². The molecule has 1 aliphatic heterocycles. The molecule has 7 heteroatoms. The van der Waals surface area contributed by atoms with Crippen LogP contribution in [0.1, 0.15) is 44.0 Å². The summed E-state index contributed by atoms with van der Waals surface area (Å²) in [5, 5.41) is 7.58. The van der Waals surface area contributed by atoms with Crippen LogP contribution < -0.4 is 5.32 Å². The van der Waals surface area contributed by atoms with E-state index in [2.05, 4.69) is 64.5 Å². The van der Waals surface area contributed by atoms with Crippen molar-refractivity contribution in [1.29, 1.82) is 0 Å². The van der Waals surface area contributed by atoms with Crippen molar-refractivity contribution in [2.75, 3.05) is 19.6 Å². The van der Waals surface area contributed by atoms with Gasteiger partial charge in [-0.05, 0) is 30.7 Å². The highest BCUT2D eigenvalue weighted by atomic mass is 127. The molecule has 1 saturated heterocycles. The number of aryl methyl sites for hydroxylation is 1. The van der Waals surface area contributed by atoms with E-state index in [1.165, 1.54) is 12.0 Å². The molecule has 1 aromatic carbocycles. The molecule has 2 unspecified atom stereocenters. The van der Waals surface area contributed by atoms with Crippen LogP contribution >= 0.6 is 24.0 Å². The van der Waals surface area contributed by atoms with Crippen LogP contribution in [0.3, 0.4) is 0 Å². The lowest BCUT2D eigenvalue weighted by molar-refractivity contribution is 0.215. The van der Waals surface area contributed by atoms with Gasteiger partial charge in [0.05, 0.1) is 0 Å². The van der Waals surface area contributed by atoms with E-state index in [0.29, 0.717) is 18.4 Å². The van der Waals surface area contributed by atoms with Crippen LogP contribution in [0.5, 0.6) is 0 Å². The van der Waals surface area contributed by atoms with Crippen LogP contribution in [0.25, 0.3) is 0 Å². The van der Waals surface area contributed by atoms with Gasteiger partial charge < -0.3 is 10.2 Å². The van der Waals surface area contributed by atoms with E-state index in [9.17, 15) is 0 Å². The van der Waals surface area contributed by atoms with Gasteiger partial charge in [0.2, 0.25) is 0 Å². The summed E-state index contributed by atoms with van der Waals surface area (Å²) in [7, 11) is 1.91. The second-order valence-electron chi connectivity index (χ2n) is 6.89. The Labute approximate surface area is 179 Å². The van der Waals surface area contributed by atoms with Crippen LogP contribution in [0.4, 0.5) is 0 Å². The fraction of sp³-hybridized carbons (Fsp3) is 0.550. The topological polar surface area (TPSA) is 58.3 Å². The maximum atomic E-state index is 4.82. The molecule has 1 fully saturated rings. The van der Waals surface area contributed by atoms with Crippen molar-refractivity contribution in [3.63, 3.8) is 0 Å². The Kier molecular flexibility index (Phi) is 8.53. The van der Waals surface area contributed by atoms with Gasteiger partial charge in [0.25, 0.3) is 0 Å². The molecule has 2 aromatic rings. The molecule has 2 heterocycles. The van der Waals surface area contributed by atoms with E-state index in [1.54, 1.807) is 11.0 Å². The summed E-state index contributed by atoms with van der Waals surface area (Å²) in [6.45, 7) is 7.91. The third kappa shape index (κ3) is 5.43. The second-order valence-corrected chi connectivity index (χ2v) is 6.89. The molecule has 0 spiro atoms. The van der Waals surface area contributed by atoms with Gasteiger partial charge in [-0.15, -0.1) is 24.0 Å². The van der Waals surface area contributed by atoms with E-state index in [-0.39, 0.29) is 24.0 Å². The first-order valence-electron chi connectivity index (χ1n) is 9.64. The SMILES string of the molecule is CCNC(=NCc1ncnn1C)N1CCC(c2ccccc2)C(CC)C1.I. The van der Waals surface area contributed by atoms with Crippen LogP contribution in [0.2, 0.25) is 0 Å². The standard InChI is InChI=1S/C20H30N6.HI/c1-4-16-14-26(12-11-18(16)17-9-7-6-8-10-17)20(21-5-2)22-13-19-23-15-24-25(19)3;/h6-10,15-16,18H,4-5,11-14H2,1-3H3,(H,21,22);1H. The Hall–Kier alpha value is -1.64. The Bertz CT molecular complexity index is 714.